The van der Waals surface area contributed by atoms with Crippen LogP contribution < -0.4 is 10.6 Å². The van der Waals surface area contributed by atoms with Crippen molar-refractivity contribution in [1.82, 2.24) is 10.6 Å². The van der Waals surface area contributed by atoms with Crippen molar-refractivity contribution in [1.29, 1.82) is 0 Å². The first-order valence-corrected chi connectivity index (χ1v) is 8.48. The van der Waals surface area contributed by atoms with Crippen molar-refractivity contribution in [3.63, 3.8) is 0 Å². The average molecular weight is 314 g/mol. The van der Waals surface area contributed by atoms with Gasteiger partial charge in [0.15, 0.2) is 0 Å². The van der Waals surface area contributed by atoms with Crippen molar-refractivity contribution in [2.24, 2.45) is 0 Å². The van der Waals surface area contributed by atoms with Crippen LogP contribution in [0, 0.1) is 0 Å². The van der Waals surface area contributed by atoms with Gasteiger partial charge in [0, 0.05) is 22.8 Å². The first-order valence-electron chi connectivity index (χ1n) is 7.49. The Hall–Kier alpha value is -1.78. The predicted molar refractivity (Wildman–Crippen MR) is 93.3 cm³/mol. The van der Waals surface area contributed by atoms with E-state index in [0.717, 1.165) is 24.3 Å². The van der Waals surface area contributed by atoms with Crippen molar-refractivity contribution in [3.05, 3.63) is 65.7 Å². The Labute approximate surface area is 136 Å². The number of hydrogen-bond donors (Lipinski definition) is 2. The minimum atomic E-state index is -0.00151. The second-order valence-electron chi connectivity index (χ2n) is 5.01. The van der Waals surface area contributed by atoms with Crippen LogP contribution in [0.1, 0.15) is 22.3 Å². The van der Waals surface area contributed by atoms with Crippen LogP contribution in [0.5, 0.6) is 0 Å². The van der Waals surface area contributed by atoms with E-state index in [4.69, 9.17) is 0 Å². The van der Waals surface area contributed by atoms with Crippen LogP contribution in [0.25, 0.3) is 0 Å². The summed E-state index contributed by atoms with van der Waals surface area (Å²) in [7, 11) is 1.91. The van der Waals surface area contributed by atoms with E-state index in [1.54, 1.807) is 11.8 Å². The molecule has 2 aromatic rings. The van der Waals surface area contributed by atoms with Crippen molar-refractivity contribution >= 4 is 17.7 Å². The molecule has 0 bridgehead atoms. The van der Waals surface area contributed by atoms with Crippen LogP contribution in [0.4, 0.5) is 0 Å². The summed E-state index contributed by atoms with van der Waals surface area (Å²) in [6.07, 6.45) is 0.939. The zero-order chi connectivity index (χ0) is 15.6. The largest absolute Gasteiger partial charge is 0.352 e. The fourth-order valence-electron chi connectivity index (χ4n) is 2.00. The van der Waals surface area contributed by atoms with E-state index in [-0.39, 0.29) is 5.91 Å². The van der Waals surface area contributed by atoms with Gasteiger partial charge in [-0.3, -0.25) is 4.79 Å². The topological polar surface area (TPSA) is 41.1 Å². The summed E-state index contributed by atoms with van der Waals surface area (Å²) in [4.78, 5) is 13.2. The van der Waals surface area contributed by atoms with Crippen LogP contribution in [0.2, 0.25) is 0 Å². The molecule has 0 atom stereocenters. The third-order valence-corrected chi connectivity index (χ3v) is 4.34. The molecule has 0 saturated heterocycles. The van der Waals surface area contributed by atoms with Crippen molar-refractivity contribution in [3.8, 4) is 0 Å². The van der Waals surface area contributed by atoms with Gasteiger partial charge in [0.2, 0.25) is 0 Å². The average Bonchev–Trinajstić information content (AvgIpc) is 2.58. The summed E-state index contributed by atoms with van der Waals surface area (Å²) in [5.41, 5.74) is 1.94. The SMILES string of the molecule is CNCCCNC(=O)c1ccc(CSc2ccccc2)cc1. The molecular weight excluding hydrogens is 292 g/mol. The Balaban J connectivity index is 1.81. The lowest BCUT2D eigenvalue weighted by Gasteiger charge is -2.06. The highest BCUT2D eigenvalue weighted by molar-refractivity contribution is 7.98. The zero-order valence-corrected chi connectivity index (χ0v) is 13.7. The number of carbonyl (C=O) groups is 1. The standard InChI is InChI=1S/C18H22N2OS/c1-19-12-5-13-20-18(21)16-10-8-15(9-11-16)14-22-17-6-3-2-4-7-17/h2-4,6-11,19H,5,12-14H2,1H3,(H,20,21). The summed E-state index contributed by atoms with van der Waals surface area (Å²) in [6, 6.07) is 18.2. The first-order chi connectivity index (χ1) is 10.8. The molecule has 0 aromatic heterocycles. The normalized spacial score (nSPS) is 10.4. The molecule has 0 heterocycles. The lowest BCUT2D eigenvalue weighted by molar-refractivity contribution is 0.0953. The van der Waals surface area contributed by atoms with Crippen LogP contribution in [0.15, 0.2) is 59.5 Å². The number of rotatable bonds is 8. The minimum Gasteiger partial charge on any atom is -0.352 e. The molecule has 0 aliphatic heterocycles. The molecule has 2 aromatic carbocycles. The van der Waals surface area contributed by atoms with Crippen LogP contribution in [0.3, 0.4) is 0 Å². The molecule has 116 valence electrons. The number of carbonyl (C=O) groups excluding carboxylic acids is 1. The fourth-order valence-corrected chi connectivity index (χ4v) is 2.88. The molecule has 4 heteroatoms. The Morgan fingerprint density at radius 1 is 1.00 bits per heavy atom. The van der Waals surface area contributed by atoms with Gasteiger partial charge in [0.25, 0.3) is 5.91 Å². The fraction of sp³-hybridized carbons (Fsp3) is 0.278. The molecule has 0 aliphatic rings. The van der Waals surface area contributed by atoms with Gasteiger partial charge in [-0.2, -0.15) is 0 Å². The summed E-state index contributed by atoms with van der Waals surface area (Å²) in [5.74, 6) is 0.909. The minimum absolute atomic E-state index is 0.00151. The summed E-state index contributed by atoms with van der Waals surface area (Å²) >= 11 is 1.80. The third-order valence-electron chi connectivity index (χ3n) is 3.25. The van der Waals surface area contributed by atoms with Gasteiger partial charge in [0.05, 0.1) is 0 Å². The van der Waals surface area contributed by atoms with Crippen LogP contribution in [-0.2, 0) is 5.75 Å². The lowest BCUT2D eigenvalue weighted by Crippen LogP contribution is -2.26. The van der Waals surface area contributed by atoms with Gasteiger partial charge >= 0.3 is 0 Å². The molecule has 0 aliphatic carbocycles. The molecule has 2 N–H and O–H groups in total. The Kier molecular flexibility index (Phi) is 7.00. The van der Waals surface area contributed by atoms with Gasteiger partial charge in [-0.15, -0.1) is 11.8 Å². The molecular formula is C18H22N2OS. The Morgan fingerprint density at radius 3 is 2.41 bits per heavy atom. The van der Waals surface area contributed by atoms with E-state index in [1.165, 1.54) is 10.5 Å². The summed E-state index contributed by atoms with van der Waals surface area (Å²) in [5, 5.41) is 5.99. The number of nitrogens with one attached hydrogen (secondary N) is 2. The first kappa shape index (κ1) is 16.6. The molecule has 0 spiro atoms. The maximum atomic E-state index is 12.0. The lowest BCUT2D eigenvalue weighted by atomic mass is 10.1. The van der Waals surface area contributed by atoms with Gasteiger partial charge in [-0.25, -0.2) is 0 Å². The highest BCUT2D eigenvalue weighted by Crippen LogP contribution is 2.22. The second kappa shape index (κ2) is 9.28. The van der Waals surface area contributed by atoms with E-state index >= 15 is 0 Å². The number of amides is 1. The van der Waals surface area contributed by atoms with Crippen molar-refractivity contribution in [2.75, 3.05) is 20.1 Å². The Bertz CT molecular complexity index is 569. The predicted octanol–water partition coefficient (Wildman–Crippen LogP) is 3.32. The van der Waals surface area contributed by atoms with Gasteiger partial charge in [-0.05, 0) is 49.8 Å². The number of hydrogen-bond acceptors (Lipinski definition) is 3. The number of benzene rings is 2. The highest BCUT2D eigenvalue weighted by atomic mass is 32.2. The molecule has 22 heavy (non-hydrogen) atoms. The van der Waals surface area contributed by atoms with Crippen LogP contribution in [-0.4, -0.2) is 26.0 Å². The molecule has 0 fully saturated rings. The maximum Gasteiger partial charge on any atom is 0.251 e. The highest BCUT2D eigenvalue weighted by Gasteiger charge is 2.04. The molecule has 0 saturated carbocycles. The number of thioether (sulfide) groups is 1. The second-order valence-corrected chi connectivity index (χ2v) is 6.06. The van der Waals surface area contributed by atoms with Gasteiger partial charge in [0.1, 0.15) is 0 Å². The molecule has 2 rings (SSSR count). The molecule has 0 radical (unpaired) electrons. The van der Waals surface area contributed by atoms with E-state index in [9.17, 15) is 4.79 Å². The molecule has 3 nitrogen and oxygen atoms in total. The van der Waals surface area contributed by atoms with Crippen molar-refractivity contribution < 1.29 is 4.79 Å². The summed E-state index contributed by atoms with van der Waals surface area (Å²) < 4.78 is 0. The third kappa shape index (κ3) is 5.54. The monoisotopic (exact) mass is 314 g/mol. The molecule has 1 amide bonds. The van der Waals surface area contributed by atoms with Gasteiger partial charge in [-0.1, -0.05) is 30.3 Å². The van der Waals surface area contributed by atoms with Crippen LogP contribution >= 0.6 is 11.8 Å². The van der Waals surface area contributed by atoms with Crippen molar-refractivity contribution in [2.45, 2.75) is 17.1 Å². The summed E-state index contributed by atoms with van der Waals surface area (Å²) in [6.45, 7) is 1.61. The molecule has 0 unspecified atom stereocenters. The van der Waals surface area contributed by atoms with E-state index < -0.39 is 0 Å². The zero-order valence-electron chi connectivity index (χ0n) is 12.8. The Morgan fingerprint density at radius 2 is 1.73 bits per heavy atom. The van der Waals surface area contributed by atoms with E-state index in [2.05, 4.69) is 22.8 Å². The van der Waals surface area contributed by atoms with Gasteiger partial charge < -0.3 is 10.6 Å². The van der Waals surface area contributed by atoms with E-state index in [0.29, 0.717) is 6.54 Å². The smallest absolute Gasteiger partial charge is 0.251 e. The maximum absolute atomic E-state index is 12.0. The van der Waals surface area contributed by atoms with E-state index in [1.807, 2.05) is 49.5 Å². The quantitative estimate of drug-likeness (QED) is 0.580.